The number of amides is 1. The fourth-order valence-electron chi connectivity index (χ4n) is 2.98. The zero-order chi connectivity index (χ0) is 18.3. The molecular weight excluding hydrogens is 330 g/mol. The quantitative estimate of drug-likeness (QED) is 0.719. The van der Waals surface area contributed by atoms with Crippen LogP contribution in [-0.2, 0) is 4.79 Å². The summed E-state index contributed by atoms with van der Waals surface area (Å²) in [5.41, 5.74) is 1.59. The Hall–Kier alpha value is -3.29. The maximum atomic E-state index is 12.2. The van der Waals surface area contributed by atoms with Crippen LogP contribution in [0.5, 0.6) is 0 Å². The van der Waals surface area contributed by atoms with Gasteiger partial charge in [0.15, 0.2) is 5.82 Å². The normalized spacial score (nSPS) is 14.1. The van der Waals surface area contributed by atoms with Crippen LogP contribution in [0, 0.1) is 0 Å². The van der Waals surface area contributed by atoms with E-state index in [4.69, 9.17) is 4.98 Å². The predicted octanol–water partition coefficient (Wildman–Crippen LogP) is 1.92. The first kappa shape index (κ1) is 16.2. The van der Waals surface area contributed by atoms with E-state index in [-0.39, 0.29) is 11.9 Å². The van der Waals surface area contributed by atoms with Crippen LogP contribution in [0.1, 0.15) is 13.8 Å². The number of carbonyl (C=O) groups is 1. The van der Waals surface area contributed by atoms with Crippen molar-refractivity contribution in [1.82, 2.24) is 24.5 Å². The maximum absolute atomic E-state index is 12.2. The highest BCUT2D eigenvalue weighted by Gasteiger charge is 2.30. The molecule has 26 heavy (non-hydrogen) atoms. The molecule has 0 fully saturated rings. The third-order valence-electron chi connectivity index (χ3n) is 4.45. The van der Waals surface area contributed by atoms with Gasteiger partial charge in [0.05, 0.1) is 12.7 Å². The maximum Gasteiger partial charge on any atom is 0.246 e. The molecule has 0 aromatic carbocycles. The van der Waals surface area contributed by atoms with Gasteiger partial charge in [0.2, 0.25) is 11.9 Å². The van der Waals surface area contributed by atoms with Gasteiger partial charge in [0, 0.05) is 43.4 Å². The molecule has 0 spiro atoms. The van der Waals surface area contributed by atoms with E-state index in [0.29, 0.717) is 18.2 Å². The number of hydrogen-bond donors (Lipinski definition) is 0. The van der Waals surface area contributed by atoms with Gasteiger partial charge in [-0.15, -0.1) is 0 Å². The van der Waals surface area contributed by atoms with E-state index < -0.39 is 0 Å². The number of likely N-dealkylation sites (N-methyl/N-ethyl adjacent to an activating group) is 1. The molecule has 8 nitrogen and oxygen atoms in total. The molecule has 1 aliphatic heterocycles. The lowest BCUT2D eigenvalue weighted by molar-refractivity contribution is -0.117. The number of carbonyl (C=O) groups excluding carboxylic acids is 1. The minimum Gasteiger partial charge on any atom is -0.343 e. The Morgan fingerprint density at radius 1 is 1.15 bits per heavy atom. The van der Waals surface area contributed by atoms with Gasteiger partial charge in [-0.25, -0.2) is 9.97 Å². The van der Waals surface area contributed by atoms with Gasteiger partial charge >= 0.3 is 0 Å². The van der Waals surface area contributed by atoms with Gasteiger partial charge in [0.1, 0.15) is 11.5 Å². The number of hydrogen-bond acceptors (Lipinski definition) is 6. The van der Waals surface area contributed by atoms with Gasteiger partial charge in [-0.05, 0) is 26.0 Å². The first-order chi connectivity index (χ1) is 12.6. The Balaban J connectivity index is 1.83. The van der Waals surface area contributed by atoms with E-state index in [9.17, 15) is 4.79 Å². The van der Waals surface area contributed by atoms with E-state index >= 15 is 0 Å². The average molecular weight is 349 g/mol. The van der Waals surface area contributed by atoms with Crippen molar-refractivity contribution in [2.45, 2.75) is 19.9 Å². The summed E-state index contributed by atoms with van der Waals surface area (Å²) >= 11 is 0. The van der Waals surface area contributed by atoms with Gasteiger partial charge in [-0.1, -0.05) is 0 Å². The summed E-state index contributed by atoms with van der Waals surface area (Å²) < 4.78 is 1.83. The van der Waals surface area contributed by atoms with Crippen LogP contribution < -0.4 is 9.80 Å². The Labute approximate surface area is 151 Å². The van der Waals surface area contributed by atoms with Gasteiger partial charge in [-0.3, -0.25) is 14.3 Å². The van der Waals surface area contributed by atoms with Crippen molar-refractivity contribution in [2.24, 2.45) is 0 Å². The van der Waals surface area contributed by atoms with E-state index in [1.807, 2.05) is 41.6 Å². The molecule has 3 aromatic rings. The second-order valence-electron chi connectivity index (χ2n) is 6.42. The molecule has 0 bridgehead atoms. The number of fused-ring (bicyclic) bond motifs is 1. The molecule has 0 atom stereocenters. The zero-order valence-corrected chi connectivity index (χ0v) is 14.9. The molecule has 0 N–H and O–H groups in total. The van der Waals surface area contributed by atoms with Crippen molar-refractivity contribution in [3.63, 3.8) is 0 Å². The average Bonchev–Trinajstić information content (AvgIpc) is 3.14. The Bertz CT molecular complexity index is 951. The Kier molecular flexibility index (Phi) is 3.87. The molecular formula is C18H19N7O. The lowest BCUT2D eigenvalue weighted by Crippen LogP contribution is -2.47. The minimum atomic E-state index is 0.0289. The SMILES string of the molecule is CC(C)N1CC(=O)N(C)c2cnc(-n3ccnc3-c3cccnc3)nc21. The summed E-state index contributed by atoms with van der Waals surface area (Å²) in [4.78, 5) is 33.6. The highest BCUT2D eigenvalue weighted by atomic mass is 16.2. The standard InChI is InChI=1S/C18H19N7O/c1-12(2)25-11-15(26)23(3)14-10-21-18(22-17(14)25)24-8-7-20-16(24)13-5-4-6-19-9-13/h4-10,12H,11H2,1-3H3. The highest BCUT2D eigenvalue weighted by molar-refractivity contribution is 6.01. The van der Waals surface area contributed by atoms with Gasteiger partial charge in [-0.2, -0.15) is 4.98 Å². The molecule has 4 heterocycles. The third-order valence-corrected chi connectivity index (χ3v) is 4.45. The number of imidazole rings is 1. The summed E-state index contributed by atoms with van der Waals surface area (Å²) in [5.74, 6) is 2.00. The van der Waals surface area contributed by atoms with Crippen LogP contribution >= 0.6 is 0 Å². The van der Waals surface area contributed by atoms with Crippen molar-refractivity contribution < 1.29 is 4.79 Å². The predicted molar refractivity (Wildman–Crippen MR) is 98.3 cm³/mol. The first-order valence-corrected chi connectivity index (χ1v) is 8.40. The van der Waals surface area contributed by atoms with Crippen molar-refractivity contribution in [1.29, 1.82) is 0 Å². The van der Waals surface area contributed by atoms with Crippen LogP contribution in [0.25, 0.3) is 17.3 Å². The second kappa shape index (κ2) is 6.21. The lowest BCUT2D eigenvalue weighted by atomic mass is 10.2. The van der Waals surface area contributed by atoms with E-state index in [2.05, 4.69) is 15.0 Å². The fraction of sp³-hybridized carbons (Fsp3) is 0.278. The highest BCUT2D eigenvalue weighted by Crippen LogP contribution is 2.32. The number of aromatic nitrogens is 5. The van der Waals surface area contributed by atoms with E-state index in [1.165, 1.54) is 0 Å². The van der Waals surface area contributed by atoms with Crippen LogP contribution in [0.3, 0.4) is 0 Å². The van der Waals surface area contributed by atoms with Crippen LogP contribution in [0.4, 0.5) is 11.5 Å². The fourth-order valence-corrected chi connectivity index (χ4v) is 2.98. The molecule has 0 unspecified atom stereocenters. The summed E-state index contributed by atoms with van der Waals surface area (Å²) in [6, 6.07) is 3.95. The van der Waals surface area contributed by atoms with Gasteiger partial charge < -0.3 is 9.80 Å². The molecule has 0 saturated carbocycles. The number of nitrogens with zero attached hydrogens (tertiary/aromatic N) is 7. The van der Waals surface area contributed by atoms with Crippen LogP contribution in [-0.4, -0.2) is 50.0 Å². The lowest BCUT2D eigenvalue weighted by Gasteiger charge is -2.36. The molecule has 0 saturated heterocycles. The molecule has 4 rings (SSSR count). The monoisotopic (exact) mass is 349 g/mol. The molecule has 3 aromatic heterocycles. The van der Waals surface area contributed by atoms with Gasteiger partial charge in [0.25, 0.3) is 0 Å². The van der Waals surface area contributed by atoms with Crippen LogP contribution in [0.2, 0.25) is 0 Å². The van der Waals surface area contributed by atoms with E-state index in [1.54, 1.807) is 36.7 Å². The Morgan fingerprint density at radius 2 is 2.00 bits per heavy atom. The number of anilines is 2. The largest absolute Gasteiger partial charge is 0.343 e. The molecule has 8 heteroatoms. The summed E-state index contributed by atoms with van der Waals surface area (Å²) in [7, 11) is 1.75. The summed E-state index contributed by atoms with van der Waals surface area (Å²) in [6.45, 7) is 4.39. The second-order valence-corrected chi connectivity index (χ2v) is 6.42. The zero-order valence-electron chi connectivity index (χ0n) is 14.9. The third kappa shape index (κ3) is 2.59. The molecule has 1 amide bonds. The van der Waals surface area contributed by atoms with Crippen molar-refractivity contribution in [2.75, 3.05) is 23.4 Å². The smallest absolute Gasteiger partial charge is 0.246 e. The number of rotatable bonds is 3. The molecule has 0 radical (unpaired) electrons. The van der Waals surface area contributed by atoms with Crippen molar-refractivity contribution in [3.05, 3.63) is 43.1 Å². The summed E-state index contributed by atoms with van der Waals surface area (Å²) in [5, 5.41) is 0. The molecule has 0 aliphatic carbocycles. The topological polar surface area (TPSA) is 80.0 Å². The van der Waals surface area contributed by atoms with Crippen molar-refractivity contribution >= 4 is 17.4 Å². The first-order valence-electron chi connectivity index (χ1n) is 8.40. The number of pyridine rings is 1. The van der Waals surface area contributed by atoms with Crippen molar-refractivity contribution in [3.8, 4) is 17.3 Å². The summed E-state index contributed by atoms with van der Waals surface area (Å²) in [6.07, 6.45) is 8.70. The minimum absolute atomic E-state index is 0.0289. The molecule has 132 valence electrons. The Morgan fingerprint density at radius 3 is 2.73 bits per heavy atom. The molecule has 1 aliphatic rings. The van der Waals surface area contributed by atoms with E-state index in [0.717, 1.165) is 17.2 Å². The van der Waals surface area contributed by atoms with Crippen LogP contribution in [0.15, 0.2) is 43.1 Å².